The molecule has 182 valence electrons. The van der Waals surface area contributed by atoms with E-state index in [1.165, 1.54) is 0 Å². The van der Waals surface area contributed by atoms with Crippen LogP contribution in [0.2, 0.25) is 5.02 Å². The molecule has 37 heavy (non-hydrogen) atoms. The van der Waals surface area contributed by atoms with Crippen molar-refractivity contribution in [3.63, 3.8) is 0 Å². The lowest BCUT2D eigenvalue weighted by Gasteiger charge is -2.39. The molecule has 0 unspecified atom stereocenters. The Balaban J connectivity index is 1.97. The third-order valence-corrected chi connectivity index (χ3v) is 7.49. The van der Waals surface area contributed by atoms with Crippen LogP contribution in [0, 0.1) is 6.92 Å². The summed E-state index contributed by atoms with van der Waals surface area (Å²) < 4.78 is 0. The molecule has 5 aromatic rings. The average molecular weight is 503 g/mol. The molecule has 0 atom stereocenters. The Bertz CT molecular complexity index is 1450. The van der Waals surface area contributed by atoms with Gasteiger partial charge in [0.1, 0.15) is 0 Å². The second-order valence-electron chi connectivity index (χ2n) is 9.06. The molecule has 0 heterocycles. The molecule has 0 saturated heterocycles. The van der Waals surface area contributed by atoms with Crippen molar-refractivity contribution in [1.82, 2.24) is 0 Å². The molecule has 0 fully saturated rings. The Kier molecular flexibility index (Phi) is 6.56. The van der Waals surface area contributed by atoms with Gasteiger partial charge < -0.3 is 11.5 Å². The summed E-state index contributed by atoms with van der Waals surface area (Å²) in [7, 11) is 0. The third-order valence-electron chi connectivity index (χ3n) is 7.01. The number of hydrogen-bond donors (Lipinski definition) is 2. The number of carbonyl (C=O) groups is 1. The molecule has 5 aromatic carbocycles. The zero-order chi connectivity index (χ0) is 26.0. The number of hydrogen-bond acceptors (Lipinski definition) is 3. The normalized spacial score (nSPS) is 11.3. The maximum atomic E-state index is 13.8. The van der Waals surface area contributed by atoms with Crippen molar-refractivity contribution in [3.8, 4) is 0 Å². The number of ketones is 1. The van der Waals surface area contributed by atoms with Crippen LogP contribution in [0.5, 0.6) is 0 Å². The summed E-state index contributed by atoms with van der Waals surface area (Å²) in [5, 5.41) is 0.329. The number of carbonyl (C=O) groups excluding carboxylic acids is 1. The van der Waals surface area contributed by atoms with Gasteiger partial charge in [0.15, 0.2) is 5.78 Å². The van der Waals surface area contributed by atoms with E-state index in [4.69, 9.17) is 23.1 Å². The van der Waals surface area contributed by atoms with Gasteiger partial charge >= 0.3 is 0 Å². The minimum Gasteiger partial charge on any atom is -0.398 e. The average Bonchev–Trinajstić information content (AvgIpc) is 2.96. The van der Waals surface area contributed by atoms with Crippen LogP contribution in [0.15, 0.2) is 121 Å². The first kappa shape index (κ1) is 24.4. The van der Waals surface area contributed by atoms with E-state index in [2.05, 4.69) is 36.4 Å². The van der Waals surface area contributed by atoms with E-state index in [1.807, 2.05) is 79.7 Å². The van der Waals surface area contributed by atoms with Crippen molar-refractivity contribution >= 4 is 28.8 Å². The fourth-order valence-corrected chi connectivity index (χ4v) is 5.54. The summed E-state index contributed by atoms with van der Waals surface area (Å²) in [5.41, 5.74) is 18.4. The van der Waals surface area contributed by atoms with Crippen LogP contribution in [0.25, 0.3) is 0 Å². The summed E-state index contributed by atoms with van der Waals surface area (Å²) >= 11 is 6.93. The van der Waals surface area contributed by atoms with E-state index < -0.39 is 5.41 Å². The van der Waals surface area contributed by atoms with Gasteiger partial charge in [-0.25, -0.2) is 0 Å². The smallest absolute Gasteiger partial charge is 0.197 e. The maximum Gasteiger partial charge on any atom is 0.197 e. The van der Waals surface area contributed by atoms with E-state index in [-0.39, 0.29) is 17.0 Å². The summed E-state index contributed by atoms with van der Waals surface area (Å²) in [5.74, 6) is -0.262. The van der Waals surface area contributed by atoms with Crippen LogP contribution in [-0.2, 0) is 5.41 Å². The van der Waals surface area contributed by atoms with Gasteiger partial charge in [-0.05, 0) is 34.7 Å². The van der Waals surface area contributed by atoms with E-state index in [9.17, 15) is 4.79 Å². The van der Waals surface area contributed by atoms with Gasteiger partial charge in [-0.15, -0.1) is 0 Å². The summed E-state index contributed by atoms with van der Waals surface area (Å²) in [6, 6.07) is 39.5. The van der Waals surface area contributed by atoms with Crippen molar-refractivity contribution in [2.24, 2.45) is 0 Å². The highest BCUT2D eigenvalue weighted by atomic mass is 35.5. The van der Waals surface area contributed by atoms with Gasteiger partial charge in [0.25, 0.3) is 0 Å². The predicted octanol–water partition coefficient (Wildman–Crippen LogP) is 7.43. The zero-order valence-corrected chi connectivity index (χ0v) is 21.2. The Morgan fingerprint density at radius 1 is 0.622 bits per heavy atom. The minimum absolute atomic E-state index is 0.192. The summed E-state index contributed by atoms with van der Waals surface area (Å²) in [4.78, 5) is 13.8. The third kappa shape index (κ3) is 3.98. The lowest BCUT2D eigenvalue weighted by molar-refractivity contribution is 0.104. The van der Waals surface area contributed by atoms with Crippen molar-refractivity contribution in [2.45, 2.75) is 12.3 Å². The fraction of sp³-hybridized carbons (Fsp3) is 0.0606. The van der Waals surface area contributed by atoms with Gasteiger partial charge in [0.2, 0.25) is 0 Å². The maximum absolute atomic E-state index is 13.8. The van der Waals surface area contributed by atoms with Crippen LogP contribution in [0.1, 0.15) is 43.7 Å². The molecule has 0 aliphatic rings. The van der Waals surface area contributed by atoms with Gasteiger partial charge in [0, 0.05) is 5.56 Å². The van der Waals surface area contributed by atoms with Gasteiger partial charge in [-0.1, -0.05) is 133 Å². The van der Waals surface area contributed by atoms with Crippen LogP contribution in [0.3, 0.4) is 0 Å². The van der Waals surface area contributed by atoms with E-state index in [0.717, 1.165) is 27.8 Å². The van der Waals surface area contributed by atoms with E-state index >= 15 is 0 Å². The highest BCUT2D eigenvalue weighted by molar-refractivity contribution is 6.36. The Morgan fingerprint density at radius 2 is 1.00 bits per heavy atom. The Labute approximate surface area is 222 Å². The second kappa shape index (κ2) is 9.96. The van der Waals surface area contributed by atoms with Crippen molar-refractivity contribution in [3.05, 3.63) is 165 Å². The quantitative estimate of drug-likeness (QED) is 0.144. The van der Waals surface area contributed by atoms with Crippen molar-refractivity contribution in [2.75, 3.05) is 11.5 Å². The molecule has 0 saturated carbocycles. The van der Waals surface area contributed by atoms with Crippen LogP contribution < -0.4 is 11.5 Å². The number of benzene rings is 5. The van der Waals surface area contributed by atoms with Gasteiger partial charge in [0.05, 0.1) is 27.4 Å². The first-order valence-corrected chi connectivity index (χ1v) is 12.5. The molecule has 0 aromatic heterocycles. The number of nitrogens with two attached hydrogens (primary N) is 2. The van der Waals surface area contributed by atoms with E-state index in [1.54, 1.807) is 12.1 Å². The highest BCUT2D eigenvalue weighted by Gasteiger charge is 2.43. The molecular formula is C33H27ClN2O. The largest absolute Gasteiger partial charge is 0.398 e. The van der Waals surface area contributed by atoms with Crippen LogP contribution in [-0.4, -0.2) is 5.78 Å². The first-order valence-electron chi connectivity index (χ1n) is 12.1. The molecule has 3 nitrogen and oxygen atoms in total. The summed E-state index contributed by atoms with van der Waals surface area (Å²) in [6.45, 7) is 1.92. The monoisotopic (exact) mass is 502 g/mol. The summed E-state index contributed by atoms with van der Waals surface area (Å²) in [6.07, 6.45) is 0. The van der Waals surface area contributed by atoms with Gasteiger partial charge in [-0.2, -0.15) is 0 Å². The molecule has 0 bridgehead atoms. The topological polar surface area (TPSA) is 69.1 Å². The highest BCUT2D eigenvalue weighted by Crippen LogP contribution is 2.51. The second-order valence-corrected chi connectivity index (χ2v) is 9.44. The molecule has 4 heteroatoms. The lowest BCUT2D eigenvalue weighted by atomic mass is 9.63. The SMILES string of the molecule is Cc1c(Cl)c(N)c(C(=O)c2ccccc2)c(N)c1C(c1ccccc1)(c1ccccc1)c1ccccc1. The number of anilines is 2. The molecular weight excluding hydrogens is 476 g/mol. The predicted molar refractivity (Wildman–Crippen MR) is 153 cm³/mol. The number of nitrogen functional groups attached to an aromatic ring is 2. The molecule has 4 N–H and O–H groups in total. The standard InChI is InChI=1S/C33H27ClN2O/c1-22-28(30(35)27(31(36)29(22)34)32(37)23-14-6-2-7-15-23)33(24-16-8-3-9-17-24,25-18-10-4-11-19-25)26-20-12-5-13-21-26/h2-21H,35-36H2,1H3. The van der Waals surface area contributed by atoms with Crippen molar-refractivity contribution in [1.29, 1.82) is 0 Å². The molecule has 5 rings (SSSR count). The molecule has 0 radical (unpaired) electrons. The Morgan fingerprint density at radius 3 is 1.41 bits per heavy atom. The minimum atomic E-state index is -0.860. The number of halogens is 1. The van der Waals surface area contributed by atoms with Gasteiger partial charge in [-0.3, -0.25) is 4.79 Å². The first-order chi connectivity index (χ1) is 18.0. The van der Waals surface area contributed by atoms with Crippen molar-refractivity contribution < 1.29 is 4.79 Å². The molecule has 0 aliphatic heterocycles. The zero-order valence-electron chi connectivity index (χ0n) is 20.5. The van der Waals surface area contributed by atoms with Crippen LogP contribution in [0.4, 0.5) is 11.4 Å². The van der Waals surface area contributed by atoms with E-state index in [0.29, 0.717) is 16.3 Å². The fourth-order valence-electron chi connectivity index (χ4n) is 5.35. The lowest BCUT2D eigenvalue weighted by Crippen LogP contribution is -2.34. The van der Waals surface area contributed by atoms with Crippen LogP contribution >= 0.6 is 11.6 Å². The molecule has 0 spiro atoms. The molecule has 0 aliphatic carbocycles. The number of rotatable bonds is 6. The Hall–Kier alpha value is -4.34. The molecule has 0 amide bonds.